The molecule has 3 rings (SSSR count). The number of anilines is 1. The van der Waals surface area contributed by atoms with E-state index in [0.717, 1.165) is 5.69 Å². The number of carbonyl (C=O) groups is 1. The van der Waals surface area contributed by atoms with Gasteiger partial charge in [0.2, 0.25) is 5.88 Å². The van der Waals surface area contributed by atoms with Crippen LogP contribution in [0, 0.1) is 6.92 Å². The lowest BCUT2D eigenvalue weighted by atomic mass is 10.3. The van der Waals surface area contributed by atoms with E-state index >= 15 is 0 Å². The van der Waals surface area contributed by atoms with Gasteiger partial charge in [-0.15, -0.1) is 5.10 Å². The van der Waals surface area contributed by atoms with Gasteiger partial charge in [-0.25, -0.2) is 4.68 Å². The molecule has 0 fully saturated rings. The van der Waals surface area contributed by atoms with Crippen molar-refractivity contribution in [3.05, 3.63) is 47.9 Å². The predicted molar refractivity (Wildman–Crippen MR) is 83.8 cm³/mol. The van der Waals surface area contributed by atoms with Crippen LogP contribution in [0.15, 0.2) is 36.5 Å². The zero-order valence-electron chi connectivity index (χ0n) is 13.0. The van der Waals surface area contributed by atoms with Crippen LogP contribution in [-0.2, 0) is 7.05 Å². The van der Waals surface area contributed by atoms with Gasteiger partial charge in [-0.1, -0.05) is 18.2 Å². The smallest absolute Gasteiger partial charge is 0.278 e. The first-order chi connectivity index (χ1) is 11.1. The number of amides is 1. The first-order valence-corrected chi connectivity index (χ1v) is 6.97. The second-order valence-electron chi connectivity index (χ2n) is 4.90. The van der Waals surface area contributed by atoms with Crippen molar-refractivity contribution in [2.75, 3.05) is 12.4 Å². The molecule has 118 valence electrons. The summed E-state index contributed by atoms with van der Waals surface area (Å²) < 4.78 is 6.81. The maximum Gasteiger partial charge on any atom is 0.278 e. The molecule has 0 bridgehead atoms. The number of nitrogens with one attached hydrogen (secondary N) is 1. The predicted octanol–water partition coefficient (Wildman–Crippen LogP) is 1.57. The molecule has 1 amide bonds. The van der Waals surface area contributed by atoms with Gasteiger partial charge in [-0.2, -0.15) is 15.0 Å². The fourth-order valence-electron chi connectivity index (χ4n) is 2.25. The minimum Gasteiger partial charge on any atom is -0.480 e. The van der Waals surface area contributed by atoms with Crippen LogP contribution in [0.3, 0.4) is 0 Å². The number of methoxy groups -OCH3 is 1. The molecule has 0 unspecified atom stereocenters. The number of nitrogens with zero attached hydrogens (tertiary/aromatic N) is 5. The van der Waals surface area contributed by atoms with Gasteiger partial charge in [0.25, 0.3) is 5.91 Å². The molecule has 0 saturated heterocycles. The summed E-state index contributed by atoms with van der Waals surface area (Å²) in [4.78, 5) is 13.8. The highest BCUT2D eigenvalue weighted by atomic mass is 16.5. The summed E-state index contributed by atoms with van der Waals surface area (Å²) >= 11 is 0. The highest BCUT2D eigenvalue weighted by molar-refractivity contribution is 6.03. The van der Waals surface area contributed by atoms with Gasteiger partial charge in [0.15, 0.2) is 5.69 Å². The van der Waals surface area contributed by atoms with E-state index < -0.39 is 0 Å². The van der Waals surface area contributed by atoms with Gasteiger partial charge in [0.05, 0.1) is 24.7 Å². The van der Waals surface area contributed by atoms with Crippen LogP contribution in [0.25, 0.3) is 5.69 Å². The molecule has 8 nitrogen and oxygen atoms in total. The van der Waals surface area contributed by atoms with Gasteiger partial charge in [0, 0.05) is 7.05 Å². The van der Waals surface area contributed by atoms with E-state index in [9.17, 15) is 4.79 Å². The van der Waals surface area contributed by atoms with Crippen LogP contribution >= 0.6 is 0 Å². The summed E-state index contributed by atoms with van der Waals surface area (Å²) in [6.45, 7) is 1.79. The number of ether oxygens (including phenoxy) is 1. The van der Waals surface area contributed by atoms with Crippen molar-refractivity contribution in [2.24, 2.45) is 7.05 Å². The van der Waals surface area contributed by atoms with Gasteiger partial charge in [0.1, 0.15) is 5.69 Å². The number of hydrogen-bond donors (Lipinski definition) is 1. The fraction of sp³-hybridized carbons (Fsp3) is 0.200. The Morgan fingerprint density at radius 1 is 1.22 bits per heavy atom. The second kappa shape index (κ2) is 5.91. The van der Waals surface area contributed by atoms with E-state index in [2.05, 4.69) is 20.6 Å². The lowest BCUT2D eigenvalue weighted by Gasteiger charge is -2.05. The molecule has 0 aliphatic carbocycles. The lowest BCUT2D eigenvalue weighted by Crippen LogP contribution is -2.14. The van der Waals surface area contributed by atoms with Crippen molar-refractivity contribution in [1.29, 1.82) is 0 Å². The highest BCUT2D eigenvalue weighted by Gasteiger charge is 2.19. The third kappa shape index (κ3) is 2.78. The number of para-hydroxylation sites is 1. The van der Waals surface area contributed by atoms with Gasteiger partial charge < -0.3 is 10.1 Å². The van der Waals surface area contributed by atoms with Crippen molar-refractivity contribution in [3.63, 3.8) is 0 Å². The molecule has 0 saturated carbocycles. The maximum absolute atomic E-state index is 12.4. The van der Waals surface area contributed by atoms with Gasteiger partial charge in [-0.05, 0) is 19.1 Å². The summed E-state index contributed by atoms with van der Waals surface area (Å²) in [5.41, 5.74) is 2.17. The van der Waals surface area contributed by atoms with Crippen molar-refractivity contribution in [1.82, 2.24) is 24.8 Å². The van der Waals surface area contributed by atoms with Crippen molar-refractivity contribution in [2.45, 2.75) is 6.92 Å². The van der Waals surface area contributed by atoms with Crippen LogP contribution < -0.4 is 10.1 Å². The molecular weight excluding hydrogens is 296 g/mol. The van der Waals surface area contributed by atoms with E-state index in [1.165, 1.54) is 18.1 Å². The monoisotopic (exact) mass is 312 g/mol. The number of rotatable bonds is 4. The average Bonchev–Trinajstić information content (AvgIpc) is 3.14. The molecule has 0 aliphatic heterocycles. The summed E-state index contributed by atoms with van der Waals surface area (Å²) in [6.07, 6.45) is 1.42. The number of carbonyl (C=O) groups excluding carboxylic acids is 1. The Kier molecular flexibility index (Phi) is 3.80. The third-order valence-electron chi connectivity index (χ3n) is 3.31. The van der Waals surface area contributed by atoms with Crippen LogP contribution in [0.1, 0.15) is 16.2 Å². The SMILES string of the molecule is COc1c(NC(=O)c2cnn(-c3ccccc3)n2)c(C)nn1C. The van der Waals surface area contributed by atoms with Crippen LogP contribution in [-0.4, -0.2) is 37.8 Å². The van der Waals surface area contributed by atoms with E-state index in [0.29, 0.717) is 17.3 Å². The maximum atomic E-state index is 12.4. The molecule has 1 aromatic carbocycles. The molecule has 8 heteroatoms. The Labute approximate surface area is 132 Å². The second-order valence-corrected chi connectivity index (χ2v) is 4.90. The summed E-state index contributed by atoms with van der Waals surface area (Å²) in [7, 11) is 3.27. The van der Waals surface area contributed by atoms with E-state index in [-0.39, 0.29) is 11.6 Å². The topological polar surface area (TPSA) is 86.9 Å². The standard InChI is InChI=1S/C15H16N6O2/c1-10-13(15(23-3)20(2)18-10)17-14(22)12-9-16-21(19-12)11-7-5-4-6-8-11/h4-9H,1-3H3,(H,17,22). The van der Waals surface area contributed by atoms with Crippen LogP contribution in [0.5, 0.6) is 5.88 Å². The Morgan fingerprint density at radius 2 is 1.96 bits per heavy atom. The van der Waals surface area contributed by atoms with Gasteiger partial charge >= 0.3 is 0 Å². The normalized spacial score (nSPS) is 10.6. The Balaban J connectivity index is 1.84. The fourth-order valence-corrected chi connectivity index (χ4v) is 2.25. The minimum absolute atomic E-state index is 0.208. The highest BCUT2D eigenvalue weighted by Crippen LogP contribution is 2.27. The van der Waals surface area contributed by atoms with E-state index in [1.807, 2.05) is 30.3 Å². The number of hydrogen-bond acceptors (Lipinski definition) is 5. The Bertz CT molecular complexity index is 837. The van der Waals surface area contributed by atoms with Crippen LogP contribution in [0.4, 0.5) is 5.69 Å². The molecule has 2 aromatic heterocycles. The van der Waals surface area contributed by atoms with Crippen molar-refractivity contribution in [3.8, 4) is 11.6 Å². The summed E-state index contributed by atoms with van der Waals surface area (Å²) in [6, 6.07) is 9.37. The van der Waals surface area contributed by atoms with Gasteiger partial charge in [-0.3, -0.25) is 4.79 Å². The average molecular weight is 312 g/mol. The van der Waals surface area contributed by atoms with Crippen molar-refractivity contribution >= 4 is 11.6 Å². The molecule has 0 atom stereocenters. The lowest BCUT2D eigenvalue weighted by molar-refractivity contribution is 0.102. The van der Waals surface area contributed by atoms with E-state index in [4.69, 9.17) is 4.74 Å². The Morgan fingerprint density at radius 3 is 2.65 bits per heavy atom. The molecule has 0 radical (unpaired) electrons. The number of benzene rings is 1. The van der Waals surface area contributed by atoms with E-state index in [1.54, 1.807) is 18.7 Å². The van der Waals surface area contributed by atoms with Crippen LogP contribution in [0.2, 0.25) is 0 Å². The quantitative estimate of drug-likeness (QED) is 0.790. The largest absolute Gasteiger partial charge is 0.480 e. The minimum atomic E-state index is -0.374. The first kappa shape index (κ1) is 14.8. The molecule has 3 aromatic rings. The first-order valence-electron chi connectivity index (χ1n) is 6.97. The zero-order valence-corrected chi connectivity index (χ0v) is 13.0. The number of aryl methyl sites for hydroxylation is 2. The third-order valence-corrected chi connectivity index (χ3v) is 3.31. The molecular formula is C15H16N6O2. The summed E-state index contributed by atoms with van der Waals surface area (Å²) in [5.74, 6) is 0.105. The molecule has 0 aliphatic rings. The molecule has 0 spiro atoms. The molecule has 23 heavy (non-hydrogen) atoms. The zero-order chi connectivity index (χ0) is 16.4. The number of aromatic nitrogens is 5. The Hall–Kier alpha value is -3.16. The summed E-state index contributed by atoms with van der Waals surface area (Å²) in [5, 5.41) is 15.3. The molecule has 2 heterocycles. The molecule has 1 N–H and O–H groups in total. The van der Waals surface area contributed by atoms with Crippen molar-refractivity contribution < 1.29 is 9.53 Å².